The van der Waals surface area contributed by atoms with Crippen molar-refractivity contribution in [1.29, 1.82) is 5.26 Å². The number of para-hydroxylation sites is 1. The number of nitriles is 1. The minimum atomic E-state index is -0.965. The molecule has 0 amide bonds. The highest BCUT2D eigenvalue weighted by molar-refractivity contribution is 5.87. The topological polar surface area (TPSA) is 90.9 Å². The Labute approximate surface area is 173 Å². The van der Waals surface area contributed by atoms with Crippen LogP contribution in [0.15, 0.2) is 85.1 Å². The number of hydrogen-bond donors (Lipinski definition) is 2. The molecular weight excluding hydrogens is 376 g/mol. The van der Waals surface area contributed by atoms with Gasteiger partial charge in [-0.2, -0.15) is 10.4 Å². The molecule has 6 heteroatoms. The lowest BCUT2D eigenvalue weighted by Gasteiger charge is -2.06. The molecular formula is C24H18N4O2. The standard InChI is InChI=1S/C24H18N4O2/c25-14-17-6-8-18(9-7-17)23-20(15-26-21-4-2-1-3-5-21)16-28(27-23)22-12-10-19(11-13-22)24(29)30/h1-13,16,26H,15H2,(H,29,30). The van der Waals surface area contributed by atoms with E-state index in [1.54, 1.807) is 41.1 Å². The van der Waals surface area contributed by atoms with Crippen LogP contribution in [0.3, 0.4) is 0 Å². The molecule has 4 aromatic rings. The Balaban J connectivity index is 1.70. The smallest absolute Gasteiger partial charge is 0.335 e. The number of hydrogen-bond acceptors (Lipinski definition) is 4. The van der Waals surface area contributed by atoms with Gasteiger partial charge in [-0.15, -0.1) is 0 Å². The van der Waals surface area contributed by atoms with E-state index in [-0.39, 0.29) is 5.56 Å². The van der Waals surface area contributed by atoms with Crippen LogP contribution in [0.1, 0.15) is 21.5 Å². The number of carboxylic acids is 1. The number of benzene rings is 3. The van der Waals surface area contributed by atoms with E-state index in [2.05, 4.69) is 11.4 Å². The highest BCUT2D eigenvalue weighted by Gasteiger charge is 2.13. The fourth-order valence-corrected chi connectivity index (χ4v) is 3.13. The van der Waals surface area contributed by atoms with E-state index in [0.29, 0.717) is 12.1 Å². The largest absolute Gasteiger partial charge is 0.478 e. The van der Waals surface area contributed by atoms with Gasteiger partial charge in [0.25, 0.3) is 0 Å². The van der Waals surface area contributed by atoms with Crippen molar-refractivity contribution in [3.05, 3.63) is 102 Å². The average molecular weight is 394 g/mol. The van der Waals surface area contributed by atoms with Crippen molar-refractivity contribution in [2.24, 2.45) is 0 Å². The van der Waals surface area contributed by atoms with Crippen LogP contribution in [-0.4, -0.2) is 20.9 Å². The normalized spacial score (nSPS) is 10.4. The molecule has 0 radical (unpaired) electrons. The van der Waals surface area contributed by atoms with Crippen molar-refractivity contribution < 1.29 is 9.90 Å². The molecule has 1 heterocycles. The molecule has 0 saturated heterocycles. The van der Waals surface area contributed by atoms with Crippen LogP contribution in [0, 0.1) is 11.3 Å². The number of carboxylic acid groups (broad SMARTS) is 1. The minimum Gasteiger partial charge on any atom is -0.478 e. The van der Waals surface area contributed by atoms with E-state index in [1.807, 2.05) is 48.7 Å². The van der Waals surface area contributed by atoms with Gasteiger partial charge in [0.2, 0.25) is 0 Å². The van der Waals surface area contributed by atoms with E-state index in [1.165, 1.54) is 0 Å². The number of rotatable bonds is 6. The summed E-state index contributed by atoms with van der Waals surface area (Å²) in [7, 11) is 0. The number of carbonyl (C=O) groups is 1. The second-order valence-electron chi connectivity index (χ2n) is 6.71. The zero-order valence-electron chi connectivity index (χ0n) is 16.0. The van der Waals surface area contributed by atoms with Crippen molar-refractivity contribution in [3.63, 3.8) is 0 Å². The predicted molar refractivity (Wildman–Crippen MR) is 114 cm³/mol. The zero-order chi connectivity index (χ0) is 20.9. The maximum atomic E-state index is 11.1. The fourth-order valence-electron chi connectivity index (χ4n) is 3.13. The molecule has 0 atom stereocenters. The summed E-state index contributed by atoms with van der Waals surface area (Å²) < 4.78 is 1.74. The van der Waals surface area contributed by atoms with Crippen molar-refractivity contribution in [2.45, 2.75) is 6.54 Å². The van der Waals surface area contributed by atoms with Gasteiger partial charge in [-0.05, 0) is 48.5 Å². The summed E-state index contributed by atoms with van der Waals surface area (Å²) in [5.41, 5.74) is 5.26. The number of nitrogens with one attached hydrogen (secondary N) is 1. The molecule has 0 fully saturated rings. The first-order valence-electron chi connectivity index (χ1n) is 9.36. The Bertz CT molecular complexity index is 1210. The summed E-state index contributed by atoms with van der Waals surface area (Å²) in [5.74, 6) is -0.965. The third-order valence-electron chi connectivity index (χ3n) is 4.71. The Morgan fingerprint density at radius 1 is 1.00 bits per heavy atom. The van der Waals surface area contributed by atoms with Gasteiger partial charge in [0.1, 0.15) is 0 Å². The second-order valence-corrected chi connectivity index (χ2v) is 6.71. The van der Waals surface area contributed by atoms with Crippen LogP contribution < -0.4 is 5.32 Å². The van der Waals surface area contributed by atoms with Gasteiger partial charge in [-0.1, -0.05) is 30.3 Å². The second kappa shape index (κ2) is 8.33. The van der Waals surface area contributed by atoms with E-state index in [4.69, 9.17) is 15.5 Å². The number of anilines is 1. The summed E-state index contributed by atoms with van der Waals surface area (Å²) >= 11 is 0. The van der Waals surface area contributed by atoms with Gasteiger partial charge in [-0.25, -0.2) is 9.48 Å². The molecule has 0 saturated carbocycles. The third kappa shape index (κ3) is 4.05. The first-order chi connectivity index (χ1) is 14.6. The van der Waals surface area contributed by atoms with Gasteiger partial charge >= 0.3 is 5.97 Å². The van der Waals surface area contributed by atoms with Crippen molar-refractivity contribution in [3.8, 4) is 23.0 Å². The maximum Gasteiger partial charge on any atom is 0.335 e. The van der Waals surface area contributed by atoms with Crippen LogP contribution in [0.5, 0.6) is 0 Å². The molecule has 1 aromatic heterocycles. The quantitative estimate of drug-likeness (QED) is 0.494. The lowest BCUT2D eigenvalue weighted by molar-refractivity contribution is 0.0697. The predicted octanol–water partition coefficient (Wildman–Crippen LogP) is 4.72. The third-order valence-corrected chi connectivity index (χ3v) is 4.71. The first-order valence-corrected chi connectivity index (χ1v) is 9.36. The molecule has 30 heavy (non-hydrogen) atoms. The molecule has 0 aliphatic carbocycles. The molecule has 0 bridgehead atoms. The molecule has 6 nitrogen and oxygen atoms in total. The van der Waals surface area contributed by atoms with Crippen molar-refractivity contribution in [1.82, 2.24) is 9.78 Å². The van der Waals surface area contributed by atoms with Gasteiger partial charge in [0.05, 0.1) is 28.6 Å². The lowest BCUT2D eigenvalue weighted by atomic mass is 10.1. The summed E-state index contributed by atoms with van der Waals surface area (Å²) in [6.45, 7) is 0.562. The molecule has 2 N–H and O–H groups in total. The fraction of sp³-hybridized carbons (Fsp3) is 0.0417. The highest BCUT2D eigenvalue weighted by atomic mass is 16.4. The highest BCUT2D eigenvalue weighted by Crippen LogP contribution is 2.25. The molecule has 0 aliphatic rings. The van der Waals surface area contributed by atoms with E-state index < -0.39 is 5.97 Å². The first kappa shape index (κ1) is 19.0. The molecule has 0 spiro atoms. The Morgan fingerprint density at radius 3 is 2.33 bits per heavy atom. The van der Waals surface area contributed by atoms with Crippen LogP contribution in [0.25, 0.3) is 16.9 Å². The van der Waals surface area contributed by atoms with Crippen LogP contribution >= 0.6 is 0 Å². The Hall–Kier alpha value is -4.37. The van der Waals surface area contributed by atoms with Crippen molar-refractivity contribution >= 4 is 11.7 Å². The van der Waals surface area contributed by atoms with E-state index in [9.17, 15) is 4.79 Å². The number of nitrogens with zero attached hydrogens (tertiary/aromatic N) is 3. The summed E-state index contributed by atoms with van der Waals surface area (Å²) in [4.78, 5) is 11.1. The van der Waals surface area contributed by atoms with Crippen LogP contribution in [0.4, 0.5) is 5.69 Å². The summed E-state index contributed by atoms with van der Waals surface area (Å²) in [6, 6.07) is 25.9. The SMILES string of the molecule is N#Cc1ccc(-c2nn(-c3ccc(C(=O)O)cc3)cc2CNc2ccccc2)cc1. The Kier molecular flexibility index (Phi) is 5.27. The van der Waals surface area contributed by atoms with Gasteiger partial charge in [-0.3, -0.25) is 0 Å². The van der Waals surface area contributed by atoms with Crippen LogP contribution in [-0.2, 0) is 6.54 Å². The van der Waals surface area contributed by atoms with E-state index in [0.717, 1.165) is 28.2 Å². The molecule has 0 unspecified atom stereocenters. The maximum absolute atomic E-state index is 11.1. The molecule has 146 valence electrons. The Morgan fingerprint density at radius 2 is 1.70 bits per heavy atom. The van der Waals surface area contributed by atoms with Gasteiger partial charge in [0.15, 0.2) is 0 Å². The van der Waals surface area contributed by atoms with E-state index >= 15 is 0 Å². The van der Waals surface area contributed by atoms with Crippen molar-refractivity contribution in [2.75, 3.05) is 5.32 Å². The summed E-state index contributed by atoms with van der Waals surface area (Å²) in [6.07, 6.45) is 1.93. The average Bonchev–Trinajstić information content (AvgIpc) is 3.23. The van der Waals surface area contributed by atoms with Gasteiger partial charge in [0, 0.05) is 29.6 Å². The molecule has 0 aliphatic heterocycles. The summed E-state index contributed by atoms with van der Waals surface area (Å²) in [5, 5.41) is 26.3. The molecule has 4 rings (SSSR count). The molecule has 3 aromatic carbocycles. The minimum absolute atomic E-state index is 0.226. The monoisotopic (exact) mass is 394 g/mol. The number of aromatic carboxylic acids is 1. The lowest BCUT2D eigenvalue weighted by Crippen LogP contribution is -1.99. The zero-order valence-corrected chi connectivity index (χ0v) is 16.0. The number of aromatic nitrogens is 2. The van der Waals surface area contributed by atoms with Gasteiger partial charge < -0.3 is 10.4 Å². The van der Waals surface area contributed by atoms with Crippen LogP contribution in [0.2, 0.25) is 0 Å².